The second-order valence-electron chi connectivity index (χ2n) is 3.14. The number of hydrogen-bond acceptors (Lipinski definition) is 6. The monoisotopic (exact) mass is 255 g/mol. The van der Waals surface area contributed by atoms with E-state index in [-0.39, 0.29) is 4.88 Å². The van der Waals surface area contributed by atoms with Crippen LogP contribution in [-0.2, 0) is 0 Å². The number of thiophene rings is 1. The van der Waals surface area contributed by atoms with Crippen molar-refractivity contribution in [3.63, 3.8) is 0 Å². The van der Waals surface area contributed by atoms with E-state index in [1.807, 2.05) is 6.26 Å². The molecule has 2 rings (SSSR count). The van der Waals surface area contributed by atoms with Crippen molar-refractivity contribution in [3.8, 4) is 0 Å². The standard InChI is InChI=1S/C9H9N3O2S2/c1-3-4-6(10)11-9(15-2)12-7(4)16-5(3)8(13)14/h1-2H3,(H,13,14)(H2,10,11,12). The van der Waals surface area contributed by atoms with Gasteiger partial charge in [0.1, 0.15) is 15.5 Å². The highest BCUT2D eigenvalue weighted by Crippen LogP contribution is 2.33. The predicted octanol–water partition coefficient (Wildman–Crippen LogP) is 2.00. The minimum absolute atomic E-state index is 0.272. The van der Waals surface area contributed by atoms with Gasteiger partial charge < -0.3 is 10.8 Å². The van der Waals surface area contributed by atoms with Crippen LogP contribution in [0.15, 0.2) is 5.16 Å². The Balaban J connectivity index is 2.80. The van der Waals surface area contributed by atoms with Crippen LogP contribution in [0.25, 0.3) is 10.2 Å². The van der Waals surface area contributed by atoms with Gasteiger partial charge in [0.2, 0.25) is 0 Å². The maximum absolute atomic E-state index is 11.0. The molecule has 5 nitrogen and oxygen atoms in total. The second kappa shape index (κ2) is 3.91. The van der Waals surface area contributed by atoms with Crippen molar-refractivity contribution in [3.05, 3.63) is 10.4 Å². The normalized spacial score (nSPS) is 10.9. The molecule has 0 bridgehead atoms. The summed E-state index contributed by atoms with van der Waals surface area (Å²) < 4.78 is 0. The lowest BCUT2D eigenvalue weighted by atomic mass is 10.2. The minimum atomic E-state index is -0.953. The third-order valence-electron chi connectivity index (χ3n) is 2.17. The number of rotatable bonds is 2. The first kappa shape index (κ1) is 11.2. The zero-order chi connectivity index (χ0) is 11.9. The van der Waals surface area contributed by atoms with Gasteiger partial charge >= 0.3 is 5.97 Å². The molecule has 2 heterocycles. The Morgan fingerprint density at radius 1 is 1.50 bits per heavy atom. The summed E-state index contributed by atoms with van der Waals surface area (Å²) in [6, 6.07) is 0. The van der Waals surface area contributed by atoms with Gasteiger partial charge in [0.05, 0.1) is 5.39 Å². The molecule has 2 aromatic rings. The van der Waals surface area contributed by atoms with Gasteiger partial charge in [-0.3, -0.25) is 0 Å². The number of nitrogens with zero attached hydrogens (tertiary/aromatic N) is 2. The average molecular weight is 255 g/mol. The van der Waals surface area contributed by atoms with Gasteiger partial charge in [0.15, 0.2) is 5.16 Å². The van der Waals surface area contributed by atoms with Crippen LogP contribution < -0.4 is 5.73 Å². The number of nitrogen functional groups attached to an aromatic ring is 1. The Morgan fingerprint density at radius 3 is 2.75 bits per heavy atom. The fourth-order valence-electron chi connectivity index (χ4n) is 1.44. The lowest BCUT2D eigenvalue weighted by molar-refractivity contribution is 0.0701. The fourth-order valence-corrected chi connectivity index (χ4v) is 2.90. The average Bonchev–Trinajstić information content (AvgIpc) is 2.56. The van der Waals surface area contributed by atoms with Crippen molar-refractivity contribution >= 4 is 45.1 Å². The highest BCUT2D eigenvalue weighted by Gasteiger charge is 2.18. The van der Waals surface area contributed by atoms with Gasteiger partial charge in [-0.05, 0) is 18.7 Å². The zero-order valence-corrected chi connectivity index (χ0v) is 10.3. The maximum atomic E-state index is 11.0. The van der Waals surface area contributed by atoms with E-state index in [9.17, 15) is 4.79 Å². The van der Waals surface area contributed by atoms with E-state index in [2.05, 4.69) is 9.97 Å². The van der Waals surface area contributed by atoms with E-state index in [1.165, 1.54) is 11.8 Å². The van der Waals surface area contributed by atoms with Gasteiger partial charge in [-0.2, -0.15) is 0 Å². The topological polar surface area (TPSA) is 89.1 Å². The van der Waals surface area contributed by atoms with Crippen LogP contribution in [0.2, 0.25) is 0 Å². The molecule has 16 heavy (non-hydrogen) atoms. The third-order valence-corrected chi connectivity index (χ3v) is 3.90. The summed E-state index contributed by atoms with van der Waals surface area (Å²) in [5.74, 6) is -0.610. The first-order valence-electron chi connectivity index (χ1n) is 4.38. The molecule has 0 saturated carbocycles. The van der Waals surface area contributed by atoms with Crippen LogP contribution in [0.4, 0.5) is 5.82 Å². The first-order chi connectivity index (χ1) is 7.54. The Kier molecular flexibility index (Phi) is 2.73. The van der Waals surface area contributed by atoms with Gasteiger partial charge in [0, 0.05) is 0 Å². The van der Waals surface area contributed by atoms with Crippen LogP contribution in [0.3, 0.4) is 0 Å². The third kappa shape index (κ3) is 1.61. The Labute approximate surface area is 99.7 Å². The number of anilines is 1. The zero-order valence-electron chi connectivity index (χ0n) is 8.64. The van der Waals surface area contributed by atoms with E-state index < -0.39 is 5.97 Å². The van der Waals surface area contributed by atoms with Crippen LogP contribution >= 0.6 is 23.1 Å². The molecule has 0 spiro atoms. The number of hydrogen-bond donors (Lipinski definition) is 2. The van der Waals surface area contributed by atoms with Gasteiger partial charge in [-0.25, -0.2) is 14.8 Å². The summed E-state index contributed by atoms with van der Waals surface area (Å²) in [6.45, 7) is 1.72. The molecular weight excluding hydrogens is 246 g/mol. The minimum Gasteiger partial charge on any atom is -0.477 e. The number of aromatic nitrogens is 2. The predicted molar refractivity (Wildman–Crippen MR) is 65.3 cm³/mol. The number of aryl methyl sites for hydroxylation is 1. The van der Waals surface area contributed by atoms with Crippen molar-refractivity contribution in [2.45, 2.75) is 12.1 Å². The molecule has 0 fully saturated rings. The summed E-state index contributed by atoms with van der Waals surface area (Å²) >= 11 is 2.51. The molecule has 2 aromatic heterocycles. The van der Waals surface area contributed by atoms with Crippen LogP contribution in [0.1, 0.15) is 15.2 Å². The second-order valence-corrected chi connectivity index (χ2v) is 4.91. The van der Waals surface area contributed by atoms with Crippen LogP contribution in [-0.4, -0.2) is 27.3 Å². The number of fused-ring (bicyclic) bond motifs is 1. The summed E-state index contributed by atoms with van der Waals surface area (Å²) in [6.07, 6.45) is 1.85. The number of nitrogens with two attached hydrogens (primary N) is 1. The highest BCUT2D eigenvalue weighted by molar-refractivity contribution is 7.98. The lowest BCUT2D eigenvalue weighted by Crippen LogP contribution is -1.97. The summed E-state index contributed by atoms with van der Waals surface area (Å²) in [5, 5.41) is 10.2. The van der Waals surface area contributed by atoms with Gasteiger partial charge in [-0.15, -0.1) is 11.3 Å². The summed E-state index contributed by atoms with van der Waals surface area (Å²) in [7, 11) is 0. The molecule has 3 N–H and O–H groups in total. The van der Waals surface area contributed by atoms with Gasteiger partial charge in [0.25, 0.3) is 0 Å². The maximum Gasteiger partial charge on any atom is 0.346 e. The SMILES string of the molecule is CSc1nc(N)c2c(C)c(C(=O)O)sc2n1. The molecule has 0 radical (unpaired) electrons. The molecule has 0 atom stereocenters. The fraction of sp³-hybridized carbons (Fsp3) is 0.222. The molecule has 0 amide bonds. The van der Waals surface area contributed by atoms with Crippen molar-refractivity contribution < 1.29 is 9.90 Å². The highest BCUT2D eigenvalue weighted by atomic mass is 32.2. The van der Waals surface area contributed by atoms with Crippen LogP contribution in [0.5, 0.6) is 0 Å². The molecule has 0 aliphatic rings. The smallest absolute Gasteiger partial charge is 0.346 e. The number of carboxylic acid groups (broad SMARTS) is 1. The Hall–Kier alpha value is -1.34. The van der Waals surface area contributed by atoms with Crippen LogP contribution in [0, 0.1) is 6.92 Å². The Bertz CT molecular complexity index is 580. The summed E-state index contributed by atoms with van der Waals surface area (Å²) in [5.41, 5.74) is 6.43. The van der Waals surface area contributed by atoms with E-state index >= 15 is 0 Å². The number of carbonyl (C=O) groups is 1. The van der Waals surface area contributed by atoms with E-state index in [1.54, 1.807) is 6.92 Å². The van der Waals surface area contributed by atoms with E-state index in [0.717, 1.165) is 11.3 Å². The molecule has 84 valence electrons. The molecule has 0 unspecified atom stereocenters. The molecule has 0 aromatic carbocycles. The number of thioether (sulfide) groups is 1. The molecule has 0 aliphatic heterocycles. The van der Waals surface area contributed by atoms with Crippen molar-refractivity contribution in [2.75, 3.05) is 12.0 Å². The quantitative estimate of drug-likeness (QED) is 0.630. The largest absolute Gasteiger partial charge is 0.477 e. The summed E-state index contributed by atoms with van der Waals surface area (Å²) in [4.78, 5) is 20.2. The van der Waals surface area contributed by atoms with E-state index in [0.29, 0.717) is 26.8 Å². The van der Waals surface area contributed by atoms with Crippen molar-refractivity contribution in [1.29, 1.82) is 0 Å². The Morgan fingerprint density at radius 2 is 2.19 bits per heavy atom. The van der Waals surface area contributed by atoms with Crippen molar-refractivity contribution in [1.82, 2.24) is 9.97 Å². The molecule has 0 saturated heterocycles. The van der Waals surface area contributed by atoms with Gasteiger partial charge in [-0.1, -0.05) is 11.8 Å². The number of carboxylic acids is 1. The number of aromatic carboxylic acids is 1. The first-order valence-corrected chi connectivity index (χ1v) is 6.42. The lowest BCUT2D eigenvalue weighted by Gasteiger charge is -1.99. The molecule has 7 heteroatoms. The van der Waals surface area contributed by atoms with E-state index in [4.69, 9.17) is 10.8 Å². The molecule has 0 aliphatic carbocycles. The van der Waals surface area contributed by atoms with Crippen molar-refractivity contribution in [2.24, 2.45) is 0 Å². The molecular formula is C9H9N3O2S2.